The number of hydrogen-bond donors (Lipinski definition) is 2. The van der Waals surface area contributed by atoms with Crippen LogP contribution < -0.4 is 15.0 Å². The number of aromatic nitrogens is 2. The van der Waals surface area contributed by atoms with Crippen LogP contribution in [0.15, 0.2) is 89.6 Å². The Hall–Kier alpha value is -6.02. The first-order valence-corrected chi connectivity index (χ1v) is 25.2. The number of nitro groups is 1. The van der Waals surface area contributed by atoms with E-state index in [0.29, 0.717) is 75.8 Å². The molecule has 3 aliphatic rings. The molecule has 372 valence electrons. The molecule has 2 fully saturated rings. The number of Topliss-reactive ketones (excluding diaryl/α,β-unsaturated/α-hetero) is 1. The summed E-state index contributed by atoms with van der Waals surface area (Å²) in [5.41, 5.74) is 2.77. The number of carbonyl (C=O) groups excluding carboxylic acids is 2. The zero-order valence-corrected chi connectivity index (χ0v) is 40.8. The van der Waals surface area contributed by atoms with Crippen LogP contribution in [0.3, 0.4) is 0 Å². The number of nitrogens with zero attached hydrogens (tertiary/aromatic N) is 5. The number of piperazine rings is 1. The van der Waals surface area contributed by atoms with E-state index in [0.717, 1.165) is 53.3 Å². The predicted octanol–water partition coefficient (Wildman–Crippen LogP) is 9.67. The number of nitro benzene ring substituents is 1. The lowest BCUT2D eigenvalue weighted by Crippen LogP contribution is -2.49. The first-order valence-electron chi connectivity index (χ1n) is 23.1. The number of benzene rings is 3. The van der Waals surface area contributed by atoms with Crippen LogP contribution in [0.1, 0.15) is 68.4 Å². The van der Waals surface area contributed by atoms with Gasteiger partial charge >= 0.3 is 6.18 Å². The molecule has 2 aromatic heterocycles. The molecule has 15 nitrogen and oxygen atoms in total. The second-order valence-corrected chi connectivity index (χ2v) is 21.6. The summed E-state index contributed by atoms with van der Waals surface area (Å²) in [7, 11) is -4.43. The maximum Gasteiger partial charge on any atom is 0.416 e. The molecule has 2 aliphatic heterocycles. The van der Waals surface area contributed by atoms with Crippen LogP contribution in [-0.4, -0.2) is 116 Å². The van der Waals surface area contributed by atoms with Gasteiger partial charge in [-0.1, -0.05) is 50.9 Å². The van der Waals surface area contributed by atoms with Crippen LogP contribution >= 0.6 is 11.6 Å². The smallest absolute Gasteiger partial charge is 0.416 e. The molecule has 3 aromatic carbocycles. The Bertz CT molecular complexity index is 2950. The van der Waals surface area contributed by atoms with E-state index < -0.39 is 54.7 Å². The number of ether oxygens (including phenoxy) is 2. The van der Waals surface area contributed by atoms with Crippen molar-refractivity contribution in [3.05, 3.63) is 117 Å². The molecule has 0 bridgehead atoms. The van der Waals surface area contributed by atoms with Gasteiger partial charge in [0, 0.05) is 92.7 Å². The molecule has 1 aliphatic carbocycles. The number of aromatic amines is 1. The molecule has 0 radical (unpaired) electrons. The number of halogens is 4. The highest BCUT2D eigenvalue weighted by Crippen LogP contribution is 2.46. The van der Waals surface area contributed by atoms with Crippen LogP contribution in [0.4, 0.5) is 30.2 Å². The number of ketones is 1. The quantitative estimate of drug-likeness (QED) is 0.0577. The van der Waals surface area contributed by atoms with Gasteiger partial charge in [-0.15, -0.1) is 0 Å². The van der Waals surface area contributed by atoms with E-state index in [4.69, 9.17) is 21.1 Å². The number of nitrogens with one attached hydrogen (secondary N) is 2. The first kappa shape index (κ1) is 50.4. The average Bonchev–Trinajstić information content (AvgIpc) is 3.79. The molecule has 4 heterocycles. The number of allylic oxidation sites excluding steroid dienone is 1. The fourth-order valence-electron chi connectivity index (χ4n) is 9.26. The third-order valence-corrected chi connectivity index (χ3v) is 15.1. The van der Waals surface area contributed by atoms with Crippen molar-refractivity contribution < 1.29 is 45.6 Å². The summed E-state index contributed by atoms with van der Waals surface area (Å²) in [6, 6.07) is 15.5. The Kier molecular flexibility index (Phi) is 14.7. The van der Waals surface area contributed by atoms with Gasteiger partial charge in [0.1, 0.15) is 28.6 Å². The first-order chi connectivity index (χ1) is 33.1. The summed E-state index contributed by atoms with van der Waals surface area (Å²) in [4.78, 5) is 51.4. The highest BCUT2D eigenvalue weighted by atomic mass is 35.5. The third-order valence-electron chi connectivity index (χ3n) is 13.1. The molecule has 0 spiro atoms. The summed E-state index contributed by atoms with van der Waals surface area (Å²) in [5, 5.41) is 16.1. The molecule has 1 amide bonds. The highest BCUT2D eigenvalue weighted by Gasteiger charge is 2.35. The molecule has 5 aromatic rings. The van der Waals surface area contributed by atoms with Crippen LogP contribution in [0.5, 0.6) is 11.5 Å². The Morgan fingerprint density at radius 3 is 2.53 bits per heavy atom. The zero-order valence-electron chi connectivity index (χ0n) is 39.3. The van der Waals surface area contributed by atoms with Gasteiger partial charge in [-0.2, -0.15) is 13.2 Å². The fourth-order valence-corrected chi connectivity index (χ4v) is 10.8. The van der Waals surface area contributed by atoms with Gasteiger partial charge in [-0.05, 0) is 84.3 Å². The van der Waals surface area contributed by atoms with Crippen molar-refractivity contribution >= 4 is 66.8 Å². The second kappa shape index (κ2) is 20.4. The normalized spacial score (nSPS) is 18.1. The van der Waals surface area contributed by atoms with E-state index in [1.807, 2.05) is 6.07 Å². The maximum absolute atomic E-state index is 14.1. The molecule has 1 atom stereocenters. The van der Waals surface area contributed by atoms with Crippen molar-refractivity contribution in [3.8, 4) is 11.5 Å². The van der Waals surface area contributed by atoms with E-state index in [-0.39, 0.29) is 45.8 Å². The fraction of sp³-hybridized carbons (Fsp3) is 0.420. The summed E-state index contributed by atoms with van der Waals surface area (Å²) in [5.74, 6) is -1.64. The standard InChI is InChI=1S/C50H55ClF3N7O8S/c1-31(2)48(63)60-19-20-68-37(29-60)27-56-43-10-7-38(24-44(43)61(64)65)70(66,67)30-45(62)40-9-6-35(23-46(40)69-36-21-32-12-14-55-47(32)57-26-36)59-17-15-58(16-18-59)28-33-11-13-49(3,4)25-41(33)39-8-5-34(22-42(39)51)50(52,53)54/h5-10,12,14,21-24,26,31,37,56H,11,13,15-20,25,27-30H2,1-4H3,(H,55,57)/t37-/m1/s1. The van der Waals surface area contributed by atoms with Gasteiger partial charge in [-0.25, -0.2) is 13.4 Å². The number of morpholine rings is 1. The predicted molar refractivity (Wildman–Crippen MR) is 261 cm³/mol. The maximum atomic E-state index is 14.1. The Labute approximate surface area is 409 Å². The summed E-state index contributed by atoms with van der Waals surface area (Å²) >= 11 is 6.54. The number of anilines is 2. The SMILES string of the molecule is CC(C)C(=O)N1CCO[C@H](CNc2ccc(S(=O)(=O)CC(=O)c3ccc(N4CCN(CC5=C(c6ccc(C(F)(F)F)cc6Cl)CC(C)(C)CC5)CC4)cc3Oc3cnc4[nH]ccc4c3)cc2[N+](=O)[O-])C1. The minimum Gasteiger partial charge on any atom is -0.455 e. The number of sulfone groups is 1. The Balaban J connectivity index is 0.990. The number of amides is 1. The highest BCUT2D eigenvalue weighted by molar-refractivity contribution is 7.92. The molecule has 0 unspecified atom stereocenters. The number of H-pyrrole nitrogens is 1. The average molecular weight is 1010 g/mol. The summed E-state index contributed by atoms with van der Waals surface area (Å²) < 4.78 is 80.4. The monoisotopic (exact) mass is 1010 g/mol. The van der Waals surface area contributed by atoms with Crippen molar-refractivity contribution in [1.82, 2.24) is 19.8 Å². The number of alkyl halides is 3. The van der Waals surface area contributed by atoms with E-state index in [9.17, 15) is 41.3 Å². The lowest BCUT2D eigenvalue weighted by atomic mass is 9.72. The molecule has 20 heteroatoms. The Morgan fingerprint density at radius 1 is 1.04 bits per heavy atom. The molecule has 70 heavy (non-hydrogen) atoms. The topological polar surface area (TPSA) is 180 Å². The van der Waals surface area contributed by atoms with Crippen LogP contribution in [-0.2, 0) is 25.5 Å². The van der Waals surface area contributed by atoms with E-state index in [2.05, 4.69) is 38.9 Å². The number of fused-ring (bicyclic) bond motifs is 1. The third kappa shape index (κ3) is 11.6. The minimum absolute atomic E-state index is 0.0213. The van der Waals surface area contributed by atoms with E-state index in [1.165, 1.54) is 30.5 Å². The lowest BCUT2D eigenvalue weighted by molar-refractivity contribution is -0.384. The second-order valence-electron chi connectivity index (χ2n) is 19.2. The number of hydrogen-bond acceptors (Lipinski definition) is 12. The van der Waals surface area contributed by atoms with Gasteiger partial charge in [0.15, 0.2) is 15.6 Å². The molecular formula is C50H55ClF3N7O8S. The summed E-state index contributed by atoms with van der Waals surface area (Å²) in [6.45, 7) is 12.2. The van der Waals surface area contributed by atoms with Crippen molar-refractivity contribution in [2.24, 2.45) is 11.3 Å². The number of pyridine rings is 1. The summed E-state index contributed by atoms with van der Waals surface area (Å²) in [6.07, 6.45) is 0.638. The lowest BCUT2D eigenvalue weighted by Gasteiger charge is -2.39. The molecule has 2 N–H and O–H groups in total. The van der Waals surface area contributed by atoms with Gasteiger partial charge in [0.25, 0.3) is 5.69 Å². The molecule has 2 saturated heterocycles. The largest absolute Gasteiger partial charge is 0.455 e. The molecule has 0 saturated carbocycles. The van der Waals surface area contributed by atoms with Gasteiger partial charge in [0.05, 0.1) is 39.9 Å². The van der Waals surface area contributed by atoms with Gasteiger partial charge in [-0.3, -0.25) is 24.6 Å². The van der Waals surface area contributed by atoms with Crippen LogP contribution in [0, 0.1) is 21.4 Å². The minimum atomic E-state index is -4.50. The zero-order chi connectivity index (χ0) is 50.1. The van der Waals surface area contributed by atoms with Crippen molar-refractivity contribution in [1.29, 1.82) is 0 Å². The number of rotatable bonds is 15. The van der Waals surface area contributed by atoms with Crippen molar-refractivity contribution in [3.63, 3.8) is 0 Å². The molecule has 8 rings (SSSR count). The van der Waals surface area contributed by atoms with Crippen LogP contribution in [0.2, 0.25) is 5.02 Å². The van der Waals surface area contributed by atoms with Gasteiger partial charge in [0.2, 0.25) is 5.91 Å². The van der Waals surface area contributed by atoms with E-state index >= 15 is 0 Å². The molecular weight excluding hydrogens is 951 g/mol. The van der Waals surface area contributed by atoms with Crippen LogP contribution in [0.25, 0.3) is 16.6 Å². The number of carbonyl (C=O) groups is 2. The van der Waals surface area contributed by atoms with Gasteiger partial charge < -0.3 is 29.6 Å². The van der Waals surface area contributed by atoms with Crippen molar-refractivity contribution in [2.45, 2.75) is 64.1 Å². The van der Waals surface area contributed by atoms with Crippen molar-refractivity contribution in [2.75, 3.05) is 74.9 Å². The Morgan fingerprint density at radius 2 is 1.81 bits per heavy atom. The van der Waals surface area contributed by atoms with E-state index in [1.54, 1.807) is 43.1 Å².